The number of hydrogen-bond donors (Lipinski definition) is 1. The van der Waals surface area contributed by atoms with Crippen LogP contribution in [0.4, 0.5) is 0 Å². The van der Waals surface area contributed by atoms with Crippen molar-refractivity contribution in [2.75, 3.05) is 13.1 Å². The van der Waals surface area contributed by atoms with Crippen LogP contribution in [0.2, 0.25) is 0 Å². The van der Waals surface area contributed by atoms with E-state index in [9.17, 15) is 0 Å². The molecule has 0 aliphatic carbocycles. The van der Waals surface area contributed by atoms with Crippen molar-refractivity contribution >= 4 is 0 Å². The first-order valence-corrected chi connectivity index (χ1v) is 8.31. The predicted octanol–water partition coefficient (Wildman–Crippen LogP) is 4.82. The average Bonchev–Trinajstić information content (AvgIpc) is 2.39. The van der Waals surface area contributed by atoms with Crippen LogP contribution in [0.3, 0.4) is 0 Å². The van der Waals surface area contributed by atoms with Crippen LogP contribution in [-0.2, 0) is 0 Å². The molecule has 0 fully saturated rings. The van der Waals surface area contributed by atoms with Gasteiger partial charge in [-0.2, -0.15) is 5.43 Å². The molecule has 1 radical (unpaired) electrons. The zero-order valence-corrected chi connectivity index (χ0v) is 12.8. The highest BCUT2D eigenvalue weighted by molar-refractivity contribution is 4.48. The molecule has 2 nitrogen and oxygen atoms in total. The van der Waals surface area contributed by atoms with Crippen molar-refractivity contribution in [1.29, 1.82) is 0 Å². The molecule has 0 amide bonds. The van der Waals surface area contributed by atoms with Crippen molar-refractivity contribution in [2.24, 2.45) is 0 Å². The second kappa shape index (κ2) is 16.9. The minimum atomic E-state index is 1.00. The fraction of sp³-hybridized carbons (Fsp3) is 1.00. The van der Waals surface area contributed by atoms with Gasteiger partial charge >= 0.3 is 0 Å². The first-order chi connectivity index (χ1) is 8.91. The maximum absolute atomic E-state index is 4.37. The fourth-order valence-corrected chi connectivity index (χ4v) is 2.11. The van der Waals surface area contributed by atoms with E-state index in [2.05, 4.69) is 24.7 Å². The molecule has 2 heteroatoms. The van der Waals surface area contributed by atoms with Crippen molar-refractivity contribution in [3.05, 3.63) is 0 Å². The molecule has 0 rings (SSSR count). The molecule has 0 saturated heterocycles. The van der Waals surface area contributed by atoms with Crippen LogP contribution in [0.25, 0.3) is 0 Å². The van der Waals surface area contributed by atoms with Crippen LogP contribution in [0.1, 0.15) is 90.9 Å². The molecule has 0 aliphatic heterocycles. The lowest BCUT2D eigenvalue weighted by Gasteiger charge is -2.04. The maximum atomic E-state index is 4.37. The summed E-state index contributed by atoms with van der Waals surface area (Å²) in [6.45, 7) is 6.61. The highest BCUT2D eigenvalue weighted by atomic mass is 15.3. The summed E-state index contributed by atoms with van der Waals surface area (Å²) in [7, 11) is 0. The van der Waals surface area contributed by atoms with Crippen LogP contribution in [0.5, 0.6) is 0 Å². The molecule has 0 aliphatic rings. The van der Waals surface area contributed by atoms with Gasteiger partial charge in [0.05, 0.1) is 0 Å². The van der Waals surface area contributed by atoms with E-state index in [0.717, 1.165) is 13.1 Å². The van der Waals surface area contributed by atoms with E-state index in [4.69, 9.17) is 0 Å². The second-order valence-electron chi connectivity index (χ2n) is 5.33. The lowest BCUT2D eigenvalue weighted by Crippen LogP contribution is -2.26. The molecule has 0 aromatic heterocycles. The summed E-state index contributed by atoms with van der Waals surface area (Å²) in [6, 6.07) is 0. The summed E-state index contributed by atoms with van der Waals surface area (Å²) in [5.41, 5.74) is 7.58. The first-order valence-electron chi connectivity index (χ1n) is 8.31. The zero-order valence-electron chi connectivity index (χ0n) is 12.8. The Morgan fingerprint density at radius 2 is 1.11 bits per heavy atom. The van der Waals surface area contributed by atoms with Gasteiger partial charge in [-0.25, -0.2) is 5.43 Å². The Hall–Kier alpha value is -0.0800. The Kier molecular flexibility index (Phi) is 16.8. The number of rotatable bonds is 15. The Labute approximate surface area is 115 Å². The van der Waals surface area contributed by atoms with Crippen molar-refractivity contribution in [1.82, 2.24) is 10.9 Å². The molecule has 0 aromatic carbocycles. The van der Waals surface area contributed by atoms with E-state index in [1.165, 1.54) is 77.0 Å². The largest absolute Gasteiger partial charge is 0.240 e. The quantitative estimate of drug-likeness (QED) is 0.329. The van der Waals surface area contributed by atoms with Crippen LogP contribution >= 0.6 is 0 Å². The van der Waals surface area contributed by atoms with Crippen LogP contribution in [-0.4, -0.2) is 13.1 Å². The van der Waals surface area contributed by atoms with Crippen molar-refractivity contribution in [2.45, 2.75) is 90.9 Å². The molecule has 0 atom stereocenters. The SMILES string of the molecule is CCCCCCCC[N]NCCCCCCCC. The molecular formula is C16H35N2. The smallest absolute Gasteiger partial charge is 0.0304 e. The van der Waals surface area contributed by atoms with E-state index in [-0.39, 0.29) is 0 Å². The van der Waals surface area contributed by atoms with Crippen LogP contribution < -0.4 is 10.9 Å². The van der Waals surface area contributed by atoms with Gasteiger partial charge in [-0.05, 0) is 12.8 Å². The third-order valence-electron chi connectivity index (χ3n) is 3.38. The third-order valence-corrected chi connectivity index (χ3v) is 3.38. The number of nitrogens with zero attached hydrogens (tertiary/aromatic N) is 1. The number of unbranched alkanes of at least 4 members (excludes halogenated alkanes) is 10. The monoisotopic (exact) mass is 255 g/mol. The number of hydrogen-bond acceptors (Lipinski definition) is 1. The Balaban J connectivity index is 2.86. The van der Waals surface area contributed by atoms with Crippen LogP contribution in [0, 0.1) is 0 Å². The maximum Gasteiger partial charge on any atom is 0.0304 e. The molecule has 0 heterocycles. The zero-order chi connectivity index (χ0) is 13.3. The molecule has 0 unspecified atom stereocenters. The molecule has 18 heavy (non-hydrogen) atoms. The third kappa shape index (κ3) is 15.9. The average molecular weight is 255 g/mol. The summed E-state index contributed by atoms with van der Waals surface area (Å²) in [5, 5.41) is 0. The molecule has 0 bridgehead atoms. The molecule has 1 N–H and O–H groups in total. The Bertz CT molecular complexity index is 121. The van der Waals surface area contributed by atoms with Gasteiger partial charge in [-0.15, -0.1) is 0 Å². The van der Waals surface area contributed by atoms with E-state index in [1.807, 2.05) is 0 Å². The van der Waals surface area contributed by atoms with Gasteiger partial charge in [0.25, 0.3) is 0 Å². The lowest BCUT2D eigenvalue weighted by atomic mass is 10.1. The highest BCUT2D eigenvalue weighted by Gasteiger charge is 1.92. The Morgan fingerprint density at radius 3 is 1.72 bits per heavy atom. The summed E-state index contributed by atoms with van der Waals surface area (Å²) < 4.78 is 0. The van der Waals surface area contributed by atoms with Gasteiger partial charge in [0.2, 0.25) is 0 Å². The van der Waals surface area contributed by atoms with E-state index < -0.39 is 0 Å². The standard InChI is InChI=1S/C16H35N2/c1-3-5-7-9-11-13-15-17-18-16-14-12-10-8-6-4-2/h17H,3-16H2,1-2H3. The van der Waals surface area contributed by atoms with Crippen molar-refractivity contribution in [3.63, 3.8) is 0 Å². The normalized spacial score (nSPS) is 11.0. The molecular weight excluding hydrogens is 220 g/mol. The minimum absolute atomic E-state index is 1.00. The van der Waals surface area contributed by atoms with E-state index in [1.54, 1.807) is 0 Å². The van der Waals surface area contributed by atoms with E-state index in [0.29, 0.717) is 0 Å². The molecule has 0 saturated carbocycles. The van der Waals surface area contributed by atoms with E-state index >= 15 is 0 Å². The second-order valence-corrected chi connectivity index (χ2v) is 5.33. The van der Waals surface area contributed by atoms with Gasteiger partial charge < -0.3 is 0 Å². The topological polar surface area (TPSA) is 26.1 Å². The summed E-state index contributed by atoms with van der Waals surface area (Å²) in [4.78, 5) is 0. The lowest BCUT2D eigenvalue weighted by molar-refractivity contribution is 0.472. The minimum Gasteiger partial charge on any atom is -0.240 e. The molecule has 0 aromatic rings. The summed E-state index contributed by atoms with van der Waals surface area (Å²) >= 11 is 0. The van der Waals surface area contributed by atoms with Gasteiger partial charge in [0.15, 0.2) is 0 Å². The first kappa shape index (κ1) is 17.9. The predicted molar refractivity (Wildman–Crippen MR) is 81.8 cm³/mol. The van der Waals surface area contributed by atoms with Gasteiger partial charge in [0.1, 0.15) is 0 Å². The fourth-order valence-electron chi connectivity index (χ4n) is 2.11. The summed E-state index contributed by atoms with van der Waals surface area (Å²) in [5.74, 6) is 0. The van der Waals surface area contributed by atoms with Gasteiger partial charge in [-0.1, -0.05) is 78.1 Å². The van der Waals surface area contributed by atoms with Crippen molar-refractivity contribution < 1.29 is 0 Å². The highest BCUT2D eigenvalue weighted by Crippen LogP contribution is 2.05. The van der Waals surface area contributed by atoms with Crippen molar-refractivity contribution in [3.8, 4) is 0 Å². The van der Waals surface area contributed by atoms with Crippen LogP contribution in [0.15, 0.2) is 0 Å². The van der Waals surface area contributed by atoms with Gasteiger partial charge in [-0.3, -0.25) is 0 Å². The van der Waals surface area contributed by atoms with Gasteiger partial charge in [0, 0.05) is 13.1 Å². The summed E-state index contributed by atoms with van der Waals surface area (Å²) in [6.07, 6.45) is 16.3. The number of nitrogens with one attached hydrogen (secondary N) is 1. The molecule has 0 spiro atoms. The molecule has 109 valence electrons. The Morgan fingerprint density at radius 1 is 0.611 bits per heavy atom.